The first-order valence-corrected chi connectivity index (χ1v) is 6.19. The van der Waals surface area contributed by atoms with Crippen LogP contribution in [0.15, 0.2) is 12.3 Å². The molecular weight excluding hydrogens is 214 g/mol. The molecule has 0 radical (unpaired) electrons. The van der Waals surface area contributed by atoms with E-state index in [2.05, 4.69) is 14.9 Å². The molecule has 0 spiro atoms. The second kappa shape index (κ2) is 5.31. The second-order valence-corrected chi connectivity index (χ2v) is 4.69. The zero-order chi connectivity index (χ0) is 12.3. The van der Waals surface area contributed by atoms with Crippen molar-refractivity contribution in [1.82, 2.24) is 9.97 Å². The van der Waals surface area contributed by atoms with Crippen LogP contribution in [-0.2, 0) is 0 Å². The van der Waals surface area contributed by atoms with E-state index >= 15 is 0 Å². The minimum Gasteiger partial charge on any atom is -0.352 e. The molecule has 1 fully saturated rings. The van der Waals surface area contributed by atoms with Gasteiger partial charge < -0.3 is 15.5 Å². The topological polar surface area (TPSA) is 58.3 Å². The van der Waals surface area contributed by atoms with Gasteiger partial charge in [0.05, 0.1) is 0 Å². The Labute approximate surface area is 103 Å². The molecule has 5 nitrogen and oxygen atoms in total. The lowest BCUT2D eigenvalue weighted by molar-refractivity contribution is 0.462. The van der Waals surface area contributed by atoms with Crippen LogP contribution in [0.2, 0.25) is 0 Å². The summed E-state index contributed by atoms with van der Waals surface area (Å²) < 4.78 is 0. The average Bonchev–Trinajstić information content (AvgIpc) is 2.39. The predicted octanol–water partition coefficient (Wildman–Crippen LogP) is 0.860. The molecule has 1 aromatic rings. The van der Waals surface area contributed by atoms with Gasteiger partial charge in [-0.25, -0.2) is 4.98 Å². The first kappa shape index (κ1) is 12.1. The summed E-state index contributed by atoms with van der Waals surface area (Å²) >= 11 is 0. The standard InChI is InChI=1S/C12H21N5/c1-16(2)12-14-7-6-11(15-12)17-8-4-3-5-10(17)9-13/h6-7,10H,3-5,8-9,13H2,1-2H3. The molecule has 0 bridgehead atoms. The van der Waals surface area contributed by atoms with Gasteiger partial charge >= 0.3 is 0 Å². The maximum absolute atomic E-state index is 5.83. The summed E-state index contributed by atoms with van der Waals surface area (Å²) in [6, 6.07) is 2.40. The number of anilines is 2. The van der Waals surface area contributed by atoms with Crippen molar-refractivity contribution in [2.24, 2.45) is 5.73 Å². The summed E-state index contributed by atoms with van der Waals surface area (Å²) in [5, 5.41) is 0. The number of nitrogens with zero attached hydrogens (tertiary/aromatic N) is 4. The van der Waals surface area contributed by atoms with Gasteiger partial charge in [-0.05, 0) is 25.3 Å². The Bertz CT molecular complexity index is 366. The molecule has 0 aliphatic carbocycles. The third-order valence-electron chi connectivity index (χ3n) is 3.22. The highest BCUT2D eigenvalue weighted by Gasteiger charge is 2.22. The van der Waals surface area contributed by atoms with Crippen molar-refractivity contribution in [3.63, 3.8) is 0 Å². The summed E-state index contributed by atoms with van der Waals surface area (Å²) in [6.07, 6.45) is 5.47. The number of nitrogens with two attached hydrogens (primary N) is 1. The van der Waals surface area contributed by atoms with Gasteiger partial charge in [0.25, 0.3) is 0 Å². The van der Waals surface area contributed by atoms with E-state index in [-0.39, 0.29) is 0 Å². The lowest BCUT2D eigenvalue weighted by Crippen LogP contribution is -2.44. The number of rotatable bonds is 3. The molecule has 0 amide bonds. The SMILES string of the molecule is CN(C)c1nccc(N2CCCCC2CN)n1. The van der Waals surface area contributed by atoms with Crippen molar-refractivity contribution in [3.8, 4) is 0 Å². The van der Waals surface area contributed by atoms with E-state index < -0.39 is 0 Å². The molecule has 1 unspecified atom stereocenters. The van der Waals surface area contributed by atoms with Crippen molar-refractivity contribution in [2.45, 2.75) is 25.3 Å². The van der Waals surface area contributed by atoms with Crippen LogP contribution in [0.3, 0.4) is 0 Å². The summed E-state index contributed by atoms with van der Waals surface area (Å²) in [5.74, 6) is 1.75. The molecule has 1 saturated heterocycles. The third kappa shape index (κ3) is 2.66. The molecule has 17 heavy (non-hydrogen) atoms. The first-order chi connectivity index (χ1) is 8.22. The van der Waals surface area contributed by atoms with Gasteiger partial charge in [-0.2, -0.15) is 4.98 Å². The highest BCUT2D eigenvalue weighted by Crippen LogP contribution is 2.23. The van der Waals surface area contributed by atoms with E-state index in [1.807, 2.05) is 31.3 Å². The van der Waals surface area contributed by atoms with E-state index in [4.69, 9.17) is 5.73 Å². The molecule has 1 aromatic heterocycles. The van der Waals surface area contributed by atoms with Crippen LogP contribution in [0.4, 0.5) is 11.8 Å². The zero-order valence-corrected chi connectivity index (χ0v) is 10.6. The Kier molecular flexibility index (Phi) is 3.78. The fourth-order valence-corrected chi connectivity index (χ4v) is 2.26. The van der Waals surface area contributed by atoms with Crippen LogP contribution in [0.1, 0.15) is 19.3 Å². The van der Waals surface area contributed by atoms with E-state index in [1.54, 1.807) is 0 Å². The Morgan fingerprint density at radius 3 is 3.00 bits per heavy atom. The summed E-state index contributed by atoms with van der Waals surface area (Å²) in [7, 11) is 3.91. The number of hydrogen-bond acceptors (Lipinski definition) is 5. The molecule has 2 rings (SSSR count). The Morgan fingerprint density at radius 2 is 2.29 bits per heavy atom. The van der Waals surface area contributed by atoms with Crippen molar-refractivity contribution in [1.29, 1.82) is 0 Å². The summed E-state index contributed by atoms with van der Waals surface area (Å²) in [5.41, 5.74) is 5.83. The fourth-order valence-electron chi connectivity index (χ4n) is 2.26. The molecule has 1 atom stereocenters. The summed E-state index contributed by atoms with van der Waals surface area (Å²) in [6.45, 7) is 1.74. The molecule has 1 aliphatic heterocycles. The average molecular weight is 235 g/mol. The Balaban J connectivity index is 2.22. The van der Waals surface area contributed by atoms with Gasteiger partial charge in [0, 0.05) is 39.4 Å². The molecule has 2 heterocycles. The fraction of sp³-hybridized carbons (Fsp3) is 0.667. The van der Waals surface area contributed by atoms with Crippen molar-refractivity contribution in [3.05, 3.63) is 12.3 Å². The maximum Gasteiger partial charge on any atom is 0.226 e. The second-order valence-electron chi connectivity index (χ2n) is 4.69. The summed E-state index contributed by atoms with van der Waals surface area (Å²) in [4.78, 5) is 13.1. The van der Waals surface area contributed by atoms with E-state index in [9.17, 15) is 0 Å². The van der Waals surface area contributed by atoms with E-state index in [1.165, 1.54) is 12.8 Å². The quantitative estimate of drug-likeness (QED) is 0.842. The normalized spacial score (nSPS) is 20.4. The van der Waals surface area contributed by atoms with Gasteiger partial charge in [0.2, 0.25) is 5.95 Å². The van der Waals surface area contributed by atoms with Crippen molar-refractivity contribution in [2.75, 3.05) is 37.0 Å². The van der Waals surface area contributed by atoms with Gasteiger partial charge in [0.15, 0.2) is 0 Å². The van der Waals surface area contributed by atoms with Crippen LogP contribution < -0.4 is 15.5 Å². The lowest BCUT2D eigenvalue weighted by Gasteiger charge is -2.36. The van der Waals surface area contributed by atoms with Gasteiger partial charge in [-0.1, -0.05) is 0 Å². The highest BCUT2D eigenvalue weighted by atomic mass is 15.3. The molecule has 94 valence electrons. The minimum atomic E-state index is 0.425. The van der Waals surface area contributed by atoms with Crippen LogP contribution in [0.25, 0.3) is 0 Å². The smallest absolute Gasteiger partial charge is 0.226 e. The Morgan fingerprint density at radius 1 is 1.47 bits per heavy atom. The van der Waals surface area contributed by atoms with E-state index in [0.29, 0.717) is 12.6 Å². The maximum atomic E-state index is 5.83. The monoisotopic (exact) mass is 235 g/mol. The zero-order valence-electron chi connectivity index (χ0n) is 10.6. The molecule has 5 heteroatoms. The first-order valence-electron chi connectivity index (χ1n) is 6.19. The molecule has 0 aromatic carbocycles. The van der Waals surface area contributed by atoms with Gasteiger partial charge in [-0.15, -0.1) is 0 Å². The molecule has 1 aliphatic rings. The minimum absolute atomic E-state index is 0.425. The molecular formula is C12H21N5. The van der Waals surface area contributed by atoms with Crippen LogP contribution in [0.5, 0.6) is 0 Å². The van der Waals surface area contributed by atoms with Crippen LogP contribution >= 0.6 is 0 Å². The third-order valence-corrected chi connectivity index (χ3v) is 3.22. The number of aromatic nitrogens is 2. The van der Waals surface area contributed by atoms with Gasteiger partial charge in [0.1, 0.15) is 5.82 Å². The molecule has 2 N–H and O–H groups in total. The molecule has 0 saturated carbocycles. The van der Waals surface area contributed by atoms with Crippen LogP contribution in [-0.4, -0.2) is 43.2 Å². The predicted molar refractivity (Wildman–Crippen MR) is 70.4 cm³/mol. The van der Waals surface area contributed by atoms with Gasteiger partial charge in [-0.3, -0.25) is 0 Å². The van der Waals surface area contributed by atoms with Crippen molar-refractivity contribution < 1.29 is 0 Å². The highest BCUT2D eigenvalue weighted by molar-refractivity contribution is 5.44. The largest absolute Gasteiger partial charge is 0.352 e. The lowest BCUT2D eigenvalue weighted by atomic mass is 10.0. The van der Waals surface area contributed by atoms with Crippen LogP contribution in [0, 0.1) is 0 Å². The van der Waals surface area contributed by atoms with E-state index in [0.717, 1.165) is 24.7 Å². The number of piperidine rings is 1. The van der Waals surface area contributed by atoms with Crippen molar-refractivity contribution >= 4 is 11.8 Å². The Hall–Kier alpha value is -1.36. The number of hydrogen-bond donors (Lipinski definition) is 1.